The van der Waals surface area contributed by atoms with Gasteiger partial charge in [-0.15, -0.1) is 0 Å². The quantitative estimate of drug-likeness (QED) is 0.556. The number of unbranched alkanes of at least 4 members (excludes halogenated alkanes) is 6. The van der Waals surface area contributed by atoms with Gasteiger partial charge in [-0.05, 0) is 26.8 Å². The smallest absolute Gasteiger partial charge is 0.154 e. The van der Waals surface area contributed by atoms with Gasteiger partial charge < -0.3 is 5.32 Å². The molecule has 122 valence electrons. The molecule has 0 amide bonds. The van der Waals surface area contributed by atoms with Gasteiger partial charge in [-0.1, -0.05) is 58.8 Å². The van der Waals surface area contributed by atoms with Crippen LogP contribution in [0.15, 0.2) is 0 Å². The Hall–Kier alpha value is -0.0900. The van der Waals surface area contributed by atoms with Gasteiger partial charge in [0.15, 0.2) is 9.84 Å². The maximum atomic E-state index is 11.9. The highest BCUT2D eigenvalue weighted by Crippen LogP contribution is 2.24. The summed E-state index contributed by atoms with van der Waals surface area (Å²) in [5.74, 6) is 0. The number of hydrogen-bond donors (Lipinski definition) is 1. The Balaban J connectivity index is 4.16. The molecular formula is C16H35NO2S. The Bertz CT molecular complexity index is 336. The van der Waals surface area contributed by atoms with Crippen LogP contribution in [-0.2, 0) is 9.84 Å². The van der Waals surface area contributed by atoms with E-state index in [1.165, 1.54) is 44.8 Å². The second-order valence-electron chi connectivity index (χ2n) is 6.40. The summed E-state index contributed by atoms with van der Waals surface area (Å²) in [6.07, 6.45) is 11.2. The third-order valence-corrected chi connectivity index (χ3v) is 6.54. The average molecular weight is 306 g/mol. The zero-order chi connectivity index (χ0) is 15.6. The van der Waals surface area contributed by atoms with Crippen LogP contribution in [-0.4, -0.2) is 32.0 Å². The minimum atomic E-state index is -3.04. The van der Waals surface area contributed by atoms with Crippen molar-refractivity contribution >= 4 is 9.84 Å². The lowest BCUT2D eigenvalue weighted by molar-refractivity contribution is 0.380. The molecule has 1 N–H and O–H groups in total. The minimum absolute atomic E-state index is 0.0538. The fourth-order valence-corrected chi connectivity index (χ4v) is 3.22. The van der Waals surface area contributed by atoms with E-state index in [0.717, 1.165) is 19.4 Å². The van der Waals surface area contributed by atoms with Crippen molar-refractivity contribution in [2.45, 2.75) is 89.9 Å². The Labute approximate surface area is 126 Å². The Morgan fingerprint density at radius 2 is 1.45 bits per heavy atom. The van der Waals surface area contributed by atoms with Crippen LogP contribution < -0.4 is 5.32 Å². The monoisotopic (exact) mass is 305 g/mol. The van der Waals surface area contributed by atoms with Gasteiger partial charge in [-0.2, -0.15) is 0 Å². The van der Waals surface area contributed by atoms with Gasteiger partial charge in [0.05, 0.1) is 4.75 Å². The zero-order valence-electron chi connectivity index (χ0n) is 14.2. The third kappa shape index (κ3) is 7.07. The molecule has 0 aromatic carbocycles. The van der Waals surface area contributed by atoms with Crippen molar-refractivity contribution in [3.63, 3.8) is 0 Å². The predicted molar refractivity (Wildman–Crippen MR) is 89.0 cm³/mol. The molecule has 0 aromatic rings. The van der Waals surface area contributed by atoms with Crippen molar-refractivity contribution in [3.05, 3.63) is 0 Å². The van der Waals surface area contributed by atoms with Crippen molar-refractivity contribution in [3.8, 4) is 0 Å². The molecule has 0 saturated heterocycles. The van der Waals surface area contributed by atoms with E-state index in [1.54, 1.807) is 0 Å². The largest absolute Gasteiger partial charge is 0.313 e. The first-order valence-electron chi connectivity index (χ1n) is 8.20. The summed E-state index contributed by atoms with van der Waals surface area (Å²) in [5.41, 5.74) is 0. The summed E-state index contributed by atoms with van der Waals surface area (Å²) in [6, 6.07) is 0.0538. The molecule has 1 atom stereocenters. The fraction of sp³-hybridized carbons (Fsp3) is 1.00. The molecule has 0 fully saturated rings. The third-order valence-electron chi connectivity index (χ3n) is 4.34. The fourth-order valence-electron chi connectivity index (χ4n) is 2.51. The lowest BCUT2D eigenvalue weighted by Crippen LogP contribution is -2.51. The van der Waals surface area contributed by atoms with Crippen LogP contribution in [0, 0.1) is 0 Å². The average Bonchev–Trinajstić information content (AvgIpc) is 2.35. The summed E-state index contributed by atoms with van der Waals surface area (Å²) in [5, 5.41) is 3.36. The van der Waals surface area contributed by atoms with Crippen molar-refractivity contribution in [1.29, 1.82) is 0 Å². The number of nitrogens with one attached hydrogen (secondary N) is 1. The molecule has 0 aliphatic carbocycles. The molecule has 0 radical (unpaired) electrons. The van der Waals surface area contributed by atoms with Gasteiger partial charge >= 0.3 is 0 Å². The maximum absolute atomic E-state index is 11.9. The number of rotatable bonds is 12. The maximum Gasteiger partial charge on any atom is 0.154 e. The Kier molecular flexibility index (Phi) is 9.73. The summed E-state index contributed by atoms with van der Waals surface area (Å²) in [7, 11) is -3.04. The van der Waals surface area contributed by atoms with Gasteiger partial charge in [-0.3, -0.25) is 0 Å². The van der Waals surface area contributed by atoms with Crippen LogP contribution in [0.3, 0.4) is 0 Å². The molecule has 0 spiro atoms. The summed E-state index contributed by atoms with van der Waals surface area (Å²) in [6.45, 7) is 8.78. The van der Waals surface area contributed by atoms with Crippen LogP contribution in [0.1, 0.15) is 79.1 Å². The Morgan fingerprint density at radius 1 is 0.950 bits per heavy atom. The van der Waals surface area contributed by atoms with E-state index in [2.05, 4.69) is 12.2 Å². The van der Waals surface area contributed by atoms with E-state index in [9.17, 15) is 8.42 Å². The van der Waals surface area contributed by atoms with Gasteiger partial charge in [0.25, 0.3) is 0 Å². The second kappa shape index (κ2) is 9.78. The first-order chi connectivity index (χ1) is 9.27. The highest BCUT2D eigenvalue weighted by molar-refractivity contribution is 7.92. The summed E-state index contributed by atoms with van der Waals surface area (Å²) < 4.78 is 23.2. The molecule has 1 unspecified atom stereocenters. The molecule has 3 nitrogen and oxygen atoms in total. The molecule has 0 aliphatic heterocycles. The van der Waals surface area contributed by atoms with E-state index in [1.807, 2.05) is 20.8 Å². The van der Waals surface area contributed by atoms with E-state index in [0.29, 0.717) is 0 Å². The molecular weight excluding hydrogens is 270 g/mol. The molecule has 0 rings (SSSR count). The SMILES string of the molecule is CCCCCCCCCC(NCC)C(C)(C)S(C)(=O)=O. The lowest BCUT2D eigenvalue weighted by Gasteiger charge is -2.33. The van der Waals surface area contributed by atoms with Gasteiger partial charge in [0, 0.05) is 12.3 Å². The molecule has 0 heterocycles. The predicted octanol–water partition coefficient (Wildman–Crippen LogP) is 3.93. The normalized spacial score (nSPS) is 14.4. The van der Waals surface area contributed by atoms with Crippen LogP contribution in [0.2, 0.25) is 0 Å². The molecule has 0 aromatic heterocycles. The van der Waals surface area contributed by atoms with Crippen molar-refractivity contribution in [2.24, 2.45) is 0 Å². The van der Waals surface area contributed by atoms with Crippen molar-refractivity contribution in [2.75, 3.05) is 12.8 Å². The van der Waals surface area contributed by atoms with Crippen LogP contribution in [0.4, 0.5) is 0 Å². The van der Waals surface area contributed by atoms with Crippen LogP contribution in [0.25, 0.3) is 0 Å². The van der Waals surface area contributed by atoms with E-state index in [-0.39, 0.29) is 6.04 Å². The van der Waals surface area contributed by atoms with Crippen molar-refractivity contribution in [1.82, 2.24) is 5.32 Å². The number of hydrogen-bond acceptors (Lipinski definition) is 3. The van der Waals surface area contributed by atoms with Crippen molar-refractivity contribution < 1.29 is 8.42 Å². The first kappa shape index (κ1) is 19.9. The molecule has 0 bridgehead atoms. The second-order valence-corrected chi connectivity index (χ2v) is 8.99. The molecule has 20 heavy (non-hydrogen) atoms. The van der Waals surface area contributed by atoms with E-state index in [4.69, 9.17) is 0 Å². The minimum Gasteiger partial charge on any atom is -0.313 e. The standard InChI is InChI=1S/C16H35NO2S/c1-6-8-9-10-11-12-13-14-15(17-7-2)16(3,4)20(5,18)19/h15,17H,6-14H2,1-5H3. The van der Waals surface area contributed by atoms with E-state index < -0.39 is 14.6 Å². The highest BCUT2D eigenvalue weighted by Gasteiger charge is 2.37. The van der Waals surface area contributed by atoms with E-state index >= 15 is 0 Å². The molecule has 0 saturated carbocycles. The first-order valence-corrected chi connectivity index (χ1v) is 10.1. The van der Waals surface area contributed by atoms with Gasteiger partial charge in [-0.25, -0.2) is 8.42 Å². The summed E-state index contributed by atoms with van der Waals surface area (Å²) >= 11 is 0. The summed E-state index contributed by atoms with van der Waals surface area (Å²) in [4.78, 5) is 0. The van der Waals surface area contributed by atoms with Crippen LogP contribution >= 0.6 is 0 Å². The topological polar surface area (TPSA) is 46.2 Å². The zero-order valence-corrected chi connectivity index (χ0v) is 15.0. The van der Waals surface area contributed by atoms with Gasteiger partial charge in [0.2, 0.25) is 0 Å². The Morgan fingerprint density at radius 3 is 1.90 bits per heavy atom. The lowest BCUT2D eigenvalue weighted by atomic mass is 9.96. The molecule has 0 aliphatic rings. The molecule has 4 heteroatoms. The van der Waals surface area contributed by atoms with Crippen LogP contribution in [0.5, 0.6) is 0 Å². The highest BCUT2D eigenvalue weighted by atomic mass is 32.2. The van der Waals surface area contributed by atoms with Gasteiger partial charge in [0.1, 0.15) is 0 Å². The number of sulfone groups is 1.